The van der Waals surface area contributed by atoms with Crippen LogP contribution in [0.15, 0.2) is 18.2 Å². The maximum absolute atomic E-state index is 10.6. The first-order valence-corrected chi connectivity index (χ1v) is 4.05. The summed E-state index contributed by atoms with van der Waals surface area (Å²) in [5.74, 6) is -1.05. The molecular formula is C7H6Cl2N2O2. The summed E-state index contributed by atoms with van der Waals surface area (Å²) in [6.07, 6.45) is 0. The van der Waals surface area contributed by atoms with Gasteiger partial charge in [0, 0.05) is 23.6 Å². The molecule has 0 fully saturated rings. The molecule has 13 heavy (non-hydrogen) atoms. The molecule has 0 aliphatic carbocycles. The van der Waals surface area contributed by atoms with Crippen molar-refractivity contribution in [2.45, 2.75) is 0 Å². The Morgan fingerprint density at radius 1 is 1.31 bits per heavy atom. The van der Waals surface area contributed by atoms with E-state index in [2.05, 4.69) is 9.67 Å². The van der Waals surface area contributed by atoms with Gasteiger partial charge in [0.05, 0.1) is 16.9 Å². The highest BCUT2D eigenvalue weighted by Gasteiger charge is 2.09. The van der Waals surface area contributed by atoms with Gasteiger partial charge in [-0.2, -0.15) is 0 Å². The van der Waals surface area contributed by atoms with E-state index in [0.29, 0.717) is 11.4 Å². The van der Waals surface area contributed by atoms with Gasteiger partial charge in [-0.15, -0.1) is 0 Å². The van der Waals surface area contributed by atoms with Crippen molar-refractivity contribution < 1.29 is 9.90 Å². The van der Waals surface area contributed by atoms with Crippen LogP contribution in [0, 0.1) is 0 Å². The number of rotatable bonds is 3. The molecule has 3 N–H and O–H groups in total. The van der Waals surface area contributed by atoms with Gasteiger partial charge < -0.3 is 5.11 Å². The number of benzene rings is 1. The van der Waals surface area contributed by atoms with Gasteiger partial charge in [-0.3, -0.25) is 9.67 Å². The molecule has 1 aromatic rings. The maximum Gasteiger partial charge on any atom is 0.337 e. The number of hydrogen-bond acceptors (Lipinski definition) is 3. The molecule has 0 atom stereocenters. The lowest BCUT2D eigenvalue weighted by molar-refractivity contribution is 0.0698. The summed E-state index contributed by atoms with van der Waals surface area (Å²) in [6.45, 7) is 0. The predicted octanol–water partition coefficient (Wildman–Crippen LogP) is 2.52. The van der Waals surface area contributed by atoms with Crippen LogP contribution in [0.2, 0.25) is 0 Å². The first-order chi connectivity index (χ1) is 6.19. The van der Waals surface area contributed by atoms with Gasteiger partial charge in [0.1, 0.15) is 0 Å². The average molecular weight is 221 g/mol. The highest BCUT2D eigenvalue weighted by atomic mass is 35.5. The van der Waals surface area contributed by atoms with Gasteiger partial charge in [-0.05, 0) is 18.2 Å². The number of hydrogen-bond donors (Lipinski definition) is 3. The second-order valence-corrected chi connectivity index (χ2v) is 2.63. The van der Waals surface area contributed by atoms with Crippen LogP contribution >= 0.6 is 23.6 Å². The Morgan fingerprint density at radius 2 is 2.00 bits per heavy atom. The Balaban J connectivity index is 3.15. The zero-order chi connectivity index (χ0) is 9.84. The van der Waals surface area contributed by atoms with Gasteiger partial charge in [0.15, 0.2) is 0 Å². The zero-order valence-corrected chi connectivity index (χ0v) is 7.86. The van der Waals surface area contributed by atoms with E-state index < -0.39 is 5.97 Å². The van der Waals surface area contributed by atoms with E-state index in [-0.39, 0.29) is 5.56 Å². The Morgan fingerprint density at radius 3 is 2.46 bits per heavy atom. The number of nitrogens with one attached hydrogen (secondary N) is 2. The number of halogens is 2. The number of carboxylic acid groups (broad SMARTS) is 1. The van der Waals surface area contributed by atoms with Crippen molar-refractivity contribution in [1.29, 1.82) is 0 Å². The first-order valence-electron chi connectivity index (χ1n) is 3.29. The maximum atomic E-state index is 10.6. The van der Waals surface area contributed by atoms with Crippen molar-refractivity contribution in [2.75, 3.05) is 9.67 Å². The van der Waals surface area contributed by atoms with Crippen LogP contribution in [0.5, 0.6) is 0 Å². The summed E-state index contributed by atoms with van der Waals surface area (Å²) in [4.78, 5) is 15.2. The lowest BCUT2D eigenvalue weighted by Gasteiger charge is -2.05. The van der Waals surface area contributed by atoms with Gasteiger partial charge in [-0.25, -0.2) is 4.79 Å². The Hall–Kier alpha value is -1.13. The van der Waals surface area contributed by atoms with E-state index in [1.807, 2.05) is 0 Å². The molecule has 0 saturated heterocycles. The lowest BCUT2D eigenvalue weighted by atomic mass is 10.1. The standard InChI is InChI=1S/C7H6Cl2N2O2/c8-10-4-1-2-5(7(12)13)6(3-4)11-9/h1-3,10-11H,(H,12,13). The summed E-state index contributed by atoms with van der Waals surface area (Å²) in [5, 5.41) is 8.71. The predicted molar refractivity (Wildman–Crippen MR) is 52.4 cm³/mol. The van der Waals surface area contributed by atoms with Crippen LogP contribution in [0.25, 0.3) is 0 Å². The molecule has 0 saturated carbocycles. The Labute approximate surface area is 84.7 Å². The van der Waals surface area contributed by atoms with Gasteiger partial charge in [0.25, 0.3) is 0 Å². The monoisotopic (exact) mass is 220 g/mol. The second-order valence-electron chi connectivity index (χ2n) is 2.25. The summed E-state index contributed by atoms with van der Waals surface area (Å²) in [7, 11) is 0. The number of carboxylic acids is 1. The fourth-order valence-corrected chi connectivity index (χ4v) is 1.14. The normalized spacial score (nSPS) is 9.38. The lowest BCUT2D eigenvalue weighted by Crippen LogP contribution is -2.00. The van der Waals surface area contributed by atoms with Crippen molar-refractivity contribution in [3.05, 3.63) is 23.8 Å². The van der Waals surface area contributed by atoms with E-state index in [4.69, 9.17) is 28.7 Å². The molecule has 1 rings (SSSR count). The molecule has 0 unspecified atom stereocenters. The van der Waals surface area contributed by atoms with Crippen LogP contribution in [-0.4, -0.2) is 11.1 Å². The largest absolute Gasteiger partial charge is 0.478 e. The van der Waals surface area contributed by atoms with Gasteiger partial charge in [-0.1, -0.05) is 0 Å². The second kappa shape index (κ2) is 4.20. The summed E-state index contributed by atoms with van der Waals surface area (Å²) in [6, 6.07) is 4.43. The average Bonchev–Trinajstić information content (AvgIpc) is 2.16. The molecular weight excluding hydrogens is 215 g/mol. The van der Waals surface area contributed by atoms with E-state index in [9.17, 15) is 4.79 Å². The number of aromatic carboxylic acids is 1. The zero-order valence-electron chi connectivity index (χ0n) is 6.34. The van der Waals surface area contributed by atoms with Crippen LogP contribution in [-0.2, 0) is 0 Å². The summed E-state index contributed by atoms with van der Waals surface area (Å²) in [5.41, 5.74) is 0.945. The Kier molecular flexibility index (Phi) is 3.22. The molecule has 4 nitrogen and oxygen atoms in total. The SMILES string of the molecule is O=C(O)c1ccc(NCl)cc1NCl. The van der Waals surface area contributed by atoms with Crippen molar-refractivity contribution in [3.8, 4) is 0 Å². The molecule has 0 spiro atoms. The van der Waals surface area contributed by atoms with Gasteiger partial charge >= 0.3 is 5.97 Å². The molecule has 70 valence electrons. The third kappa shape index (κ3) is 2.17. The highest BCUT2D eigenvalue weighted by Crippen LogP contribution is 2.22. The fourth-order valence-electron chi connectivity index (χ4n) is 0.868. The topological polar surface area (TPSA) is 61.4 Å². The van der Waals surface area contributed by atoms with E-state index in [0.717, 1.165) is 0 Å². The summed E-state index contributed by atoms with van der Waals surface area (Å²) >= 11 is 10.6. The molecule has 6 heteroatoms. The number of anilines is 2. The third-order valence-electron chi connectivity index (χ3n) is 1.46. The molecule has 0 bridgehead atoms. The molecule has 0 aromatic heterocycles. The van der Waals surface area contributed by atoms with Crippen LogP contribution in [0.1, 0.15) is 10.4 Å². The minimum Gasteiger partial charge on any atom is -0.478 e. The molecule has 0 heterocycles. The Bertz CT molecular complexity index is 330. The van der Waals surface area contributed by atoms with Crippen LogP contribution in [0.4, 0.5) is 11.4 Å². The van der Waals surface area contributed by atoms with Crippen molar-refractivity contribution >= 4 is 40.9 Å². The molecule has 0 aliphatic rings. The van der Waals surface area contributed by atoms with Crippen LogP contribution < -0.4 is 9.67 Å². The highest BCUT2D eigenvalue weighted by molar-refractivity contribution is 6.26. The smallest absolute Gasteiger partial charge is 0.337 e. The van der Waals surface area contributed by atoms with Crippen molar-refractivity contribution in [2.24, 2.45) is 0 Å². The van der Waals surface area contributed by atoms with Crippen molar-refractivity contribution in [3.63, 3.8) is 0 Å². The van der Waals surface area contributed by atoms with Gasteiger partial charge in [0.2, 0.25) is 0 Å². The van der Waals surface area contributed by atoms with E-state index in [1.165, 1.54) is 18.2 Å². The minimum absolute atomic E-state index is 0.0886. The fraction of sp³-hybridized carbons (Fsp3) is 0. The first kappa shape index (κ1) is 9.95. The van der Waals surface area contributed by atoms with E-state index >= 15 is 0 Å². The third-order valence-corrected chi connectivity index (χ3v) is 1.88. The van der Waals surface area contributed by atoms with E-state index in [1.54, 1.807) is 0 Å². The minimum atomic E-state index is -1.05. The quantitative estimate of drug-likeness (QED) is 0.686. The number of carbonyl (C=O) groups is 1. The molecule has 0 amide bonds. The van der Waals surface area contributed by atoms with Crippen LogP contribution in [0.3, 0.4) is 0 Å². The summed E-state index contributed by atoms with van der Waals surface area (Å²) < 4.78 is 0. The molecule has 0 radical (unpaired) electrons. The molecule has 0 aliphatic heterocycles. The molecule has 1 aromatic carbocycles. The van der Waals surface area contributed by atoms with Crippen molar-refractivity contribution in [1.82, 2.24) is 0 Å².